The molecule has 0 spiro atoms. The van der Waals surface area contributed by atoms with Crippen LogP contribution in [-0.4, -0.2) is 23.9 Å². The number of aryl methyl sites for hydroxylation is 1. The Bertz CT molecular complexity index is 456. The van der Waals surface area contributed by atoms with Crippen LogP contribution in [0.15, 0.2) is 24.3 Å². The Labute approximate surface area is 122 Å². The second-order valence-corrected chi connectivity index (χ2v) is 6.32. The predicted molar refractivity (Wildman–Crippen MR) is 83.3 cm³/mol. The lowest BCUT2D eigenvalue weighted by atomic mass is 9.97. The van der Waals surface area contributed by atoms with Crippen molar-refractivity contribution in [3.63, 3.8) is 0 Å². The van der Waals surface area contributed by atoms with Crippen LogP contribution in [0.2, 0.25) is 0 Å². The van der Waals surface area contributed by atoms with Gasteiger partial charge in [0.1, 0.15) is 0 Å². The summed E-state index contributed by atoms with van der Waals surface area (Å²) < 4.78 is 0. The normalized spacial score (nSPS) is 18.8. The predicted octanol–water partition coefficient (Wildman–Crippen LogP) is 3.10. The molecule has 110 valence electrons. The van der Waals surface area contributed by atoms with E-state index < -0.39 is 0 Å². The summed E-state index contributed by atoms with van der Waals surface area (Å²) in [6.45, 7) is 6.38. The first-order valence-corrected chi connectivity index (χ1v) is 7.67. The third-order valence-electron chi connectivity index (χ3n) is 4.11. The average Bonchev–Trinajstić information content (AvgIpc) is 2.85. The molecule has 3 heteroatoms. The van der Waals surface area contributed by atoms with Crippen LogP contribution in [0, 0.1) is 11.8 Å². The molecule has 0 aromatic heterocycles. The van der Waals surface area contributed by atoms with Crippen LogP contribution in [0.4, 0.5) is 5.69 Å². The summed E-state index contributed by atoms with van der Waals surface area (Å²) in [5, 5.41) is 0. The third-order valence-corrected chi connectivity index (χ3v) is 4.11. The second-order valence-electron chi connectivity index (χ2n) is 6.32. The summed E-state index contributed by atoms with van der Waals surface area (Å²) in [6, 6.07) is 7.81. The van der Waals surface area contributed by atoms with Crippen molar-refractivity contribution in [1.82, 2.24) is 4.90 Å². The molecule has 1 aromatic rings. The fraction of sp³-hybridized carbons (Fsp3) is 0.588. The van der Waals surface area contributed by atoms with E-state index in [0.717, 1.165) is 43.1 Å². The second kappa shape index (κ2) is 6.78. The van der Waals surface area contributed by atoms with E-state index in [2.05, 4.69) is 13.8 Å². The Morgan fingerprint density at radius 1 is 1.40 bits per heavy atom. The zero-order valence-corrected chi connectivity index (χ0v) is 12.6. The summed E-state index contributed by atoms with van der Waals surface area (Å²) in [7, 11) is 0. The number of benzene rings is 1. The van der Waals surface area contributed by atoms with Crippen LogP contribution in [0.5, 0.6) is 0 Å². The van der Waals surface area contributed by atoms with Gasteiger partial charge in [0.05, 0.1) is 0 Å². The lowest BCUT2D eigenvalue weighted by Gasteiger charge is -2.17. The van der Waals surface area contributed by atoms with Crippen LogP contribution in [0.1, 0.15) is 38.7 Å². The number of rotatable bonds is 5. The van der Waals surface area contributed by atoms with Crippen LogP contribution in [0.25, 0.3) is 0 Å². The van der Waals surface area contributed by atoms with Crippen LogP contribution in [0.3, 0.4) is 0 Å². The van der Waals surface area contributed by atoms with Crippen LogP contribution >= 0.6 is 0 Å². The Morgan fingerprint density at radius 3 is 2.85 bits per heavy atom. The fourth-order valence-corrected chi connectivity index (χ4v) is 3.08. The quantitative estimate of drug-likeness (QED) is 0.839. The van der Waals surface area contributed by atoms with E-state index in [4.69, 9.17) is 5.73 Å². The third kappa shape index (κ3) is 3.99. The molecule has 1 aromatic carbocycles. The number of hydrogen-bond donors (Lipinski definition) is 1. The summed E-state index contributed by atoms with van der Waals surface area (Å²) in [5.74, 6) is 1.69. The van der Waals surface area contributed by atoms with Gasteiger partial charge in [-0.3, -0.25) is 4.79 Å². The van der Waals surface area contributed by atoms with Gasteiger partial charge in [0.15, 0.2) is 0 Å². The largest absolute Gasteiger partial charge is 0.399 e. The maximum absolute atomic E-state index is 12.2. The molecule has 1 aliphatic rings. The lowest BCUT2D eigenvalue weighted by molar-refractivity contribution is -0.130. The van der Waals surface area contributed by atoms with E-state index in [9.17, 15) is 4.79 Å². The van der Waals surface area contributed by atoms with Gasteiger partial charge in [0.25, 0.3) is 0 Å². The van der Waals surface area contributed by atoms with E-state index >= 15 is 0 Å². The number of likely N-dealkylation sites (tertiary alicyclic amines) is 1. The van der Waals surface area contributed by atoms with Crippen molar-refractivity contribution in [1.29, 1.82) is 0 Å². The number of para-hydroxylation sites is 1. The fourth-order valence-electron chi connectivity index (χ4n) is 3.08. The number of anilines is 1. The van der Waals surface area contributed by atoms with Gasteiger partial charge in [-0.15, -0.1) is 0 Å². The van der Waals surface area contributed by atoms with Crippen molar-refractivity contribution in [2.24, 2.45) is 11.8 Å². The van der Waals surface area contributed by atoms with E-state index in [-0.39, 0.29) is 5.91 Å². The number of nitrogens with two attached hydrogens (primary N) is 1. The number of amides is 1. The number of nitrogens with zero attached hydrogens (tertiary/aromatic N) is 1. The molecule has 1 heterocycles. The molecule has 0 saturated carbocycles. The number of nitrogen functional groups attached to an aromatic ring is 1. The monoisotopic (exact) mass is 274 g/mol. The molecule has 2 rings (SSSR count). The highest BCUT2D eigenvalue weighted by atomic mass is 16.2. The standard InChI is InChI=1S/C17H26N2O/c1-13(2)11-14-9-10-19(12-14)17(20)8-7-15-5-3-4-6-16(15)18/h3-6,13-14H,7-12,18H2,1-2H3. The van der Waals surface area contributed by atoms with Gasteiger partial charge >= 0.3 is 0 Å². The SMILES string of the molecule is CC(C)CC1CCN(C(=O)CCc2ccccc2N)C1. The molecule has 1 aliphatic heterocycles. The topological polar surface area (TPSA) is 46.3 Å². The summed E-state index contributed by atoms with van der Waals surface area (Å²) in [4.78, 5) is 14.3. The van der Waals surface area contributed by atoms with E-state index in [1.807, 2.05) is 29.2 Å². The minimum atomic E-state index is 0.277. The molecular formula is C17H26N2O. The molecule has 1 fully saturated rings. The summed E-state index contributed by atoms with van der Waals surface area (Å²) in [5.41, 5.74) is 7.79. The molecule has 0 bridgehead atoms. The first kappa shape index (κ1) is 14.9. The lowest BCUT2D eigenvalue weighted by Crippen LogP contribution is -2.29. The summed E-state index contributed by atoms with van der Waals surface area (Å²) >= 11 is 0. The Hall–Kier alpha value is -1.51. The maximum atomic E-state index is 12.2. The van der Waals surface area contributed by atoms with Crippen LogP contribution in [-0.2, 0) is 11.2 Å². The van der Waals surface area contributed by atoms with E-state index in [0.29, 0.717) is 12.3 Å². The van der Waals surface area contributed by atoms with Crippen molar-refractivity contribution < 1.29 is 4.79 Å². The van der Waals surface area contributed by atoms with Crippen molar-refractivity contribution in [2.45, 2.75) is 39.5 Å². The van der Waals surface area contributed by atoms with Crippen molar-refractivity contribution in [3.8, 4) is 0 Å². The van der Waals surface area contributed by atoms with Crippen molar-refractivity contribution >= 4 is 11.6 Å². The maximum Gasteiger partial charge on any atom is 0.222 e. The zero-order chi connectivity index (χ0) is 14.5. The highest BCUT2D eigenvalue weighted by Crippen LogP contribution is 2.24. The minimum Gasteiger partial charge on any atom is -0.399 e. The van der Waals surface area contributed by atoms with Gasteiger partial charge in [-0.2, -0.15) is 0 Å². The van der Waals surface area contributed by atoms with Gasteiger partial charge in [-0.1, -0.05) is 32.0 Å². The van der Waals surface area contributed by atoms with Gasteiger partial charge in [0.2, 0.25) is 5.91 Å². The smallest absolute Gasteiger partial charge is 0.222 e. The Kier molecular flexibility index (Phi) is 5.05. The number of hydrogen-bond acceptors (Lipinski definition) is 2. The van der Waals surface area contributed by atoms with Gasteiger partial charge in [0, 0.05) is 25.2 Å². The minimum absolute atomic E-state index is 0.277. The van der Waals surface area contributed by atoms with E-state index in [1.165, 1.54) is 6.42 Å². The molecule has 0 aliphatic carbocycles. The summed E-state index contributed by atoms with van der Waals surface area (Å²) in [6.07, 6.45) is 3.71. The van der Waals surface area contributed by atoms with Crippen molar-refractivity contribution in [2.75, 3.05) is 18.8 Å². The Balaban J connectivity index is 1.80. The van der Waals surface area contributed by atoms with Gasteiger partial charge in [-0.05, 0) is 42.7 Å². The molecule has 1 atom stereocenters. The molecule has 20 heavy (non-hydrogen) atoms. The highest BCUT2D eigenvalue weighted by Gasteiger charge is 2.26. The highest BCUT2D eigenvalue weighted by molar-refractivity contribution is 5.77. The number of carbonyl (C=O) groups is 1. The van der Waals surface area contributed by atoms with Gasteiger partial charge in [-0.25, -0.2) is 0 Å². The molecular weight excluding hydrogens is 248 g/mol. The first-order chi connectivity index (χ1) is 9.56. The Morgan fingerprint density at radius 2 is 2.15 bits per heavy atom. The van der Waals surface area contributed by atoms with Gasteiger partial charge < -0.3 is 10.6 Å². The molecule has 1 unspecified atom stereocenters. The zero-order valence-electron chi connectivity index (χ0n) is 12.6. The average molecular weight is 274 g/mol. The van der Waals surface area contributed by atoms with E-state index in [1.54, 1.807) is 0 Å². The molecule has 3 nitrogen and oxygen atoms in total. The van der Waals surface area contributed by atoms with Crippen LogP contribution < -0.4 is 5.73 Å². The first-order valence-electron chi connectivity index (χ1n) is 7.67. The number of carbonyl (C=O) groups excluding carboxylic acids is 1. The molecule has 1 saturated heterocycles. The molecule has 2 N–H and O–H groups in total. The van der Waals surface area contributed by atoms with Crippen molar-refractivity contribution in [3.05, 3.63) is 29.8 Å². The molecule has 1 amide bonds. The molecule has 0 radical (unpaired) electrons.